The molecule has 1 aliphatic carbocycles. The summed E-state index contributed by atoms with van der Waals surface area (Å²) in [5.74, 6) is -0.237. The van der Waals surface area contributed by atoms with E-state index in [9.17, 15) is 9.59 Å². The van der Waals surface area contributed by atoms with Crippen LogP contribution in [0.3, 0.4) is 0 Å². The van der Waals surface area contributed by atoms with Crippen molar-refractivity contribution < 1.29 is 9.59 Å². The van der Waals surface area contributed by atoms with Crippen molar-refractivity contribution in [2.24, 2.45) is 11.7 Å². The van der Waals surface area contributed by atoms with Gasteiger partial charge < -0.3 is 10.6 Å². The van der Waals surface area contributed by atoms with Crippen LogP contribution in [0.25, 0.3) is 11.1 Å². The Labute approximate surface area is 141 Å². The molecule has 2 aromatic rings. The highest BCUT2D eigenvalue weighted by atomic mass is 16.2. The molecule has 2 bridgehead atoms. The molecule has 4 rings (SSSR count). The molecule has 1 heterocycles. The fourth-order valence-electron chi connectivity index (χ4n) is 4.32. The fraction of sp³-hybridized carbons (Fsp3) is 0.300. The van der Waals surface area contributed by atoms with Crippen LogP contribution in [0.4, 0.5) is 0 Å². The monoisotopic (exact) mass is 320 g/mol. The van der Waals surface area contributed by atoms with E-state index in [0.29, 0.717) is 5.56 Å². The fourth-order valence-corrected chi connectivity index (χ4v) is 4.32. The number of primary amides is 1. The number of fused-ring (bicyclic) bond motifs is 2. The molecule has 4 nitrogen and oxygen atoms in total. The van der Waals surface area contributed by atoms with Crippen molar-refractivity contribution in [2.45, 2.75) is 31.3 Å². The Balaban J connectivity index is 1.75. The van der Waals surface area contributed by atoms with Gasteiger partial charge in [0.2, 0.25) is 5.91 Å². The first-order chi connectivity index (χ1) is 11.7. The minimum atomic E-state index is -0.458. The number of likely N-dealkylation sites (tertiary alicyclic amines) is 1. The lowest BCUT2D eigenvalue weighted by Crippen LogP contribution is -2.51. The summed E-state index contributed by atoms with van der Waals surface area (Å²) in [6.07, 6.45) is 2.85. The summed E-state index contributed by atoms with van der Waals surface area (Å²) in [5, 5.41) is 0. The molecule has 122 valence electrons. The van der Waals surface area contributed by atoms with Crippen molar-refractivity contribution in [1.29, 1.82) is 0 Å². The van der Waals surface area contributed by atoms with Crippen LogP contribution in [-0.2, 0) is 4.79 Å². The Hall–Kier alpha value is -2.62. The van der Waals surface area contributed by atoms with Gasteiger partial charge >= 0.3 is 0 Å². The lowest BCUT2D eigenvalue weighted by Gasteiger charge is -2.33. The molecule has 2 aromatic carbocycles. The maximum atomic E-state index is 13.3. The van der Waals surface area contributed by atoms with Crippen molar-refractivity contribution in [2.75, 3.05) is 0 Å². The van der Waals surface area contributed by atoms with Gasteiger partial charge in [-0.15, -0.1) is 0 Å². The molecule has 1 saturated carbocycles. The quantitative estimate of drug-likeness (QED) is 0.945. The van der Waals surface area contributed by atoms with Crippen molar-refractivity contribution in [3.05, 3.63) is 60.2 Å². The molecule has 0 radical (unpaired) electrons. The summed E-state index contributed by atoms with van der Waals surface area (Å²) < 4.78 is 0. The normalized spacial score (nSPS) is 25.0. The van der Waals surface area contributed by atoms with Gasteiger partial charge in [0.05, 0.1) is 0 Å². The summed E-state index contributed by atoms with van der Waals surface area (Å²) in [6, 6.07) is 17.1. The zero-order chi connectivity index (χ0) is 16.7. The van der Waals surface area contributed by atoms with Gasteiger partial charge in [-0.1, -0.05) is 48.5 Å². The van der Waals surface area contributed by atoms with Crippen LogP contribution < -0.4 is 5.73 Å². The second-order valence-corrected chi connectivity index (χ2v) is 6.70. The van der Waals surface area contributed by atoms with Crippen molar-refractivity contribution >= 4 is 11.8 Å². The van der Waals surface area contributed by atoms with E-state index in [4.69, 9.17) is 5.73 Å². The number of nitrogens with two attached hydrogens (primary N) is 1. The highest BCUT2D eigenvalue weighted by Gasteiger charge is 2.50. The van der Waals surface area contributed by atoms with E-state index in [0.717, 1.165) is 30.4 Å². The zero-order valence-corrected chi connectivity index (χ0v) is 13.4. The first-order valence-electron chi connectivity index (χ1n) is 8.43. The van der Waals surface area contributed by atoms with Crippen molar-refractivity contribution in [3.63, 3.8) is 0 Å². The molecule has 0 aromatic heterocycles. The molecule has 4 heteroatoms. The second kappa shape index (κ2) is 5.78. The van der Waals surface area contributed by atoms with Crippen molar-refractivity contribution in [3.8, 4) is 11.1 Å². The smallest absolute Gasteiger partial charge is 0.255 e. The van der Waals surface area contributed by atoms with Crippen LogP contribution in [0, 0.1) is 5.92 Å². The minimum Gasteiger partial charge on any atom is -0.368 e. The van der Waals surface area contributed by atoms with Crippen LogP contribution in [0.5, 0.6) is 0 Å². The first kappa shape index (κ1) is 14.9. The summed E-state index contributed by atoms with van der Waals surface area (Å²) in [5.41, 5.74) is 8.15. The van der Waals surface area contributed by atoms with Gasteiger partial charge in [0.1, 0.15) is 6.04 Å². The largest absolute Gasteiger partial charge is 0.368 e. The zero-order valence-electron chi connectivity index (χ0n) is 13.4. The Kier molecular flexibility index (Phi) is 3.60. The maximum Gasteiger partial charge on any atom is 0.255 e. The highest BCUT2D eigenvalue weighted by Crippen LogP contribution is 2.43. The Bertz CT molecular complexity index is 787. The number of amides is 2. The van der Waals surface area contributed by atoms with E-state index in [1.807, 2.05) is 54.6 Å². The van der Waals surface area contributed by atoms with Gasteiger partial charge in [-0.2, -0.15) is 0 Å². The number of benzene rings is 2. The van der Waals surface area contributed by atoms with Gasteiger partial charge in [0.25, 0.3) is 5.91 Å². The number of carbonyl (C=O) groups is 2. The van der Waals surface area contributed by atoms with Gasteiger partial charge in [0, 0.05) is 11.6 Å². The molecule has 2 aliphatic rings. The second-order valence-electron chi connectivity index (χ2n) is 6.70. The third-order valence-electron chi connectivity index (χ3n) is 5.35. The van der Waals surface area contributed by atoms with E-state index in [1.165, 1.54) is 0 Å². The van der Waals surface area contributed by atoms with E-state index < -0.39 is 6.04 Å². The number of hydrogen-bond acceptors (Lipinski definition) is 2. The Morgan fingerprint density at radius 1 is 0.958 bits per heavy atom. The summed E-state index contributed by atoms with van der Waals surface area (Å²) in [4.78, 5) is 26.9. The third-order valence-corrected chi connectivity index (χ3v) is 5.35. The SMILES string of the molecule is NC(=O)[C@@H]1[C@H]2CC[C@H](C2)N1C(=O)c1ccccc1-c1ccccc1. The number of hydrogen-bond donors (Lipinski definition) is 1. The average molecular weight is 320 g/mol. The van der Waals surface area contributed by atoms with E-state index in [-0.39, 0.29) is 23.8 Å². The van der Waals surface area contributed by atoms with Gasteiger partial charge in [-0.3, -0.25) is 9.59 Å². The summed E-state index contributed by atoms with van der Waals surface area (Å²) >= 11 is 0. The molecule has 0 unspecified atom stereocenters. The number of carbonyl (C=O) groups excluding carboxylic acids is 2. The molecular formula is C20H20N2O2. The van der Waals surface area contributed by atoms with Crippen LogP contribution in [0.2, 0.25) is 0 Å². The molecule has 2 N–H and O–H groups in total. The molecular weight excluding hydrogens is 300 g/mol. The molecule has 0 spiro atoms. The van der Waals surface area contributed by atoms with Gasteiger partial charge in [-0.25, -0.2) is 0 Å². The van der Waals surface area contributed by atoms with Gasteiger partial charge in [-0.05, 0) is 42.4 Å². The van der Waals surface area contributed by atoms with Crippen LogP contribution in [-0.4, -0.2) is 28.8 Å². The van der Waals surface area contributed by atoms with E-state index in [1.54, 1.807) is 4.90 Å². The summed E-state index contributed by atoms with van der Waals surface area (Å²) in [6.45, 7) is 0. The lowest BCUT2D eigenvalue weighted by atomic mass is 9.95. The Morgan fingerprint density at radius 2 is 1.67 bits per heavy atom. The molecule has 3 atom stereocenters. The minimum absolute atomic E-state index is 0.0783. The van der Waals surface area contributed by atoms with Crippen LogP contribution in [0.1, 0.15) is 29.6 Å². The average Bonchev–Trinajstić information content (AvgIpc) is 3.23. The van der Waals surface area contributed by atoms with Gasteiger partial charge in [0.15, 0.2) is 0 Å². The van der Waals surface area contributed by atoms with Crippen LogP contribution in [0.15, 0.2) is 54.6 Å². The first-order valence-corrected chi connectivity index (χ1v) is 8.43. The topological polar surface area (TPSA) is 63.4 Å². The van der Waals surface area contributed by atoms with E-state index >= 15 is 0 Å². The predicted molar refractivity (Wildman–Crippen MR) is 92.2 cm³/mol. The summed E-state index contributed by atoms with van der Waals surface area (Å²) in [7, 11) is 0. The molecule has 1 saturated heterocycles. The third kappa shape index (κ3) is 2.30. The van der Waals surface area contributed by atoms with E-state index in [2.05, 4.69) is 0 Å². The number of piperidine rings is 1. The highest BCUT2D eigenvalue weighted by molar-refractivity contribution is 6.03. The molecule has 24 heavy (non-hydrogen) atoms. The maximum absolute atomic E-state index is 13.3. The van der Waals surface area contributed by atoms with Crippen LogP contribution >= 0.6 is 0 Å². The Morgan fingerprint density at radius 3 is 2.42 bits per heavy atom. The number of rotatable bonds is 3. The number of nitrogens with zero attached hydrogens (tertiary/aromatic N) is 1. The molecule has 1 aliphatic heterocycles. The predicted octanol–water partition coefficient (Wildman–Crippen LogP) is 2.83. The molecule has 2 amide bonds. The molecule has 2 fully saturated rings. The lowest BCUT2D eigenvalue weighted by molar-refractivity contribution is -0.123. The van der Waals surface area contributed by atoms with Crippen molar-refractivity contribution in [1.82, 2.24) is 4.90 Å². The standard InChI is InChI=1S/C20H20N2O2/c21-19(23)18-14-10-11-15(12-14)22(18)20(24)17-9-5-4-8-16(17)13-6-2-1-3-7-13/h1-9,14-15,18H,10-12H2,(H2,21,23)/t14-,15+,18-/m0/s1.